The molecular formula is C37H31F3N6O5S. The number of hydrogen-bond donors (Lipinski definition) is 1. The summed E-state index contributed by atoms with van der Waals surface area (Å²) in [6.45, 7) is 3.83. The van der Waals surface area contributed by atoms with Gasteiger partial charge in [-0.15, -0.1) is 18.3 Å². The number of alkyl halides is 3. The molecule has 1 aliphatic rings. The maximum atomic E-state index is 13.5. The fraction of sp³-hybridized carbons (Fsp3) is 0.189. The van der Waals surface area contributed by atoms with Crippen molar-refractivity contribution in [2.45, 2.75) is 39.3 Å². The van der Waals surface area contributed by atoms with Gasteiger partial charge in [0.05, 0.1) is 17.1 Å². The molecule has 6 rings (SSSR count). The summed E-state index contributed by atoms with van der Waals surface area (Å²) in [5.41, 5.74) is 4.62. The highest BCUT2D eigenvalue weighted by molar-refractivity contribution is 8.15. The number of benzene rings is 4. The number of aromatic nitrogens is 3. The van der Waals surface area contributed by atoms with Gasteiger partial charge in [0.25, 0.3) is 0 Å². The van der Waals surface area contributed by atoms with Crippen molar-refractivity contribution < 1.29 is 37.0 Å². The van der Waals surface area contributed by atoms with Crippen LogP contribution in [0.15, 0.2) is 108 Å². The molecule has 5 aromatic rings. The number of nitrogens with one attached hydrogen (secondary N) is 1. The third kappa shape index (κ3) is 8.49. The molecule has 0 aliphatic carbocycles. The average Bonchev–Trinajstić information content (AvgIpc) is 3.76. The first-order valence-electron chi connectivity index (χ1n) is 16.0. The zero-order valence-corrected chi connectivity index (χ0v) is 28.6. The van der Waals surface area contributed by atoms with Crippen LogP contribution in [0.1, 0.15) is 35.2 Å². The predicted octanol–water partition coefficient (Wildman–Crippen LogP) is 7.33. The quantitative estimate of drug-likeness (QED) is 0.148. The first-order chi connectivity index (χ1) is 25.0. The van der Waals surface area contributed by atoms with Gasteiger partial charge in [-0.05, 0) is 59.9 Å². The minimum absolute atomic E-state index is 0.0332. The Kier molecular flexibility index (Phi) is 10.7. The minimum atomic E-state index is -4.81. The Morgan fingerprint density at radius 3 is 2.40 bits per heavy atom. The van der Waals surface area contributed by atoms with Crippen molar-refractivity contribution in [3.8, 4) is 22.8 Å². The second-order valence-electron chi connectivity index (χ2n) is 11.5. The van der Waals surface area contributed by atoms with Gasteiger partial charge in [-0.2, -0.15) is 4.99 Å². The molecule has 1 aromatic heterocycles. The lowest BCUT2D eigenvalue weighted by Crippen LogP contribution is -2.36. The van der Waals surface area contributed by atoms with Gasteiger partial charge >= 0.3 is 18.4 Å². The highest BCUT2D eigenvalue weighted by atomic mass is 32.2. The lowest BCUT2D eigenvalue weighted by molar-refractivity contribution is -0.274. The molecule has 2 heterocycles. The number of amidine groups is 1. The van der Waals surface area contributed by atoms with Crippen LogP contribution in [-0.4, -0.2) is 50.0 Å². The second-order valence-corrected chi connectivity index (χ2v) is 12.4. The third-order valence-corrected chi connectivity index (χ3v) is 8.87. The molecule has 1 saturated heterocycles. The van der Waals surface area contributed by atoms with Crippen molar-refractivity contribution in [2.24, 2.45) is 4.99 Å². The molecule has 3 amide bonds. The topological polar surface area (TPSA) is 128 Å². The number of aliphatic imine (C=N–C) groups is 1. The first kappa shape index (κ1) is 35.9. The molecule has 15 heteroatoms. The number of rotatable bonds is 10. The number of amides is 3. The maximum absolute atomic E-state index is 13.5. The normalized spacial score (nSPS) is 14.4. The van der Waals surface area contributed by atoms with Crippen molar-refractivity contribution in [1.82, 2.24) is 20.1 Å². The van der Waals surface area contributed by atoms with Crippen LogP contribution in [0.2, 0.25) is 0 Å². The van der Waals surface area contributed by atoms with E-state index in [4.69, 9.17) is 4.74 Å². The van der Waals surface area contributed by atoms with Crippen molar-refractivity contribution in [3.05, 3.63) is 126 Å². The molecule has 4 aromatic carbocycles. The van der Waals surface area contributed by atoms with Gasteiger partial charge in [-0.1, -0.05) is 91.5 Å². The number of nitrogens with zero attached hydrogens (tertiary/aromatic N) is 5. The van der Waals surface area contributed by atoms with Gasteiger partial charge in [0.15, 0.2) is 17.0 Å². The van der Waals surface area contributed by atoms with E-state index in [0.717, 1.165) is 28.5 Å². The molecule has 266 valence electrons. The molecule has 0 saturated carbocycles. The standard InChI is InChI=1S/C37H31F3N6O5S/c1-3-25-11-7-8-23(2)32(25)46-30(47)21-52-36(46)43-35(49)42-31(34(48)50-20-24-9-5-4-6-10-24)26-12-14-27(15-13-26)33-41-22-45(44-33)28-16-18-29(19-17-28)51-37(38,39)40/h4-19,22,31H,3,20-21H2,1-2H3,(H,42,49). The van der Waals surface area contributed by atoms with Gasteiger partial charge in [0, 0.05) is 5.56 Å². The van der Waals surface area contributed by atoms with Crippen LogP contribution < -0.4 is 15.0 Å². The predicted molar refractivity (Wildman–Crippen MR) is 189 cm³/mol. The number of halogens is 3. The molecule has 1 unspecified atom stereocenters. The molecule has 0 spiro atoms. The molecule has 1 aliphatic heterocycles. The first-order valence-corrected chi connectivity index (χ1v) is 17.0. The van der Waals surface area contributed by atoms with Crippen LogP contribution >= 0.6 is 11.8 Å². The van der Waals surface area contributed by atoms with Crippen LogP contribution in [0.3, 0.4) is 0 Å². The van der Waals surface area contributed by atoms with Gasteiger partial charge < -0.3 is 14.8 Å². The number of para-hydroxylation sites is 1. The summed E-state index contributed by atoms with van der Waals surface area (Å²) in [5.74, 6) is -0.906. The Labute approximate surface area is 300 Å². The summed E-state index contributed by atoms with van der Waals surface area (Å²) in [5, 5.41) is 7.28. The SMILES string of the molecule is CCc1cccc(C)c1N1C(=O)CSC1=NC(=O)NC(C(=O)OCc1ccccc1)c1ccc(-c2ncn(-c3ccc(OC(F)(F)F)cc3)n2)cc1. The summed E-state index contributed by atoms with van der Waals surface area (Å²) in [7, 11) is 0. The zero-order valence-electron chi connectivity index (χ0n) is 27.8. The fourth-order valence-corrected chi connectivity index (χ4v) is 6.32. The largest absolute Gasteiger partial charge is 0.573 e. The maximum Gasteiger partial charge on any atom is 0.573 e. The average molecular weight is 729 g/mol. The van der Waals surface area contributed by atoms with E-state index < -0.39 is 24.4 Å². The monoisotopic (exact) mass is 728 g/mol. The number of ether oxygens (including phenoxy) is 2. The summed E-state index contributed by atoms with van der Waals surface area (Å²) in [6.07, 6.45) is -2.74. The lowest BCUT2D eigenvalue weighted by Gasteiger charge is -2.22. The van der Waals surface area contributed by atoms with Crippen LogP contribution in [-0.2, 0) is 27.4 Å². The van der Waals surface area contributed by atoms with Crippen molar-refractivity contribution in [2.75, 3.05) is 10.7 Å². The van der Waals surface area contributed by atoms with E-state index in [1.807, 2.05) is 50.2 Å². The summed E-state index contributed by atoms with van der Waals surface area (Å²) < 4.78 is 48.5. The fourth-order valence-electron chi connectivity index (χ4n) is 5.47. The molecule has 0 radical (unpaired) electrons. The van der Waals surface area contributed by atoms with Crippen LogP contribution in [0.5, 0.6) is 5.75 Å². The van der Waals surface area contributed by atoms with Gasteiger partial charge in [-0.3, -0.25) is 9.69 Å². The summed E-state index contributed by atoms with van der Waals surface area (Å²) in [4.78, 5) is 50.0. The number of thioether (sulfide) groups is 1. The van der Waals surface area contributed by atoms with Crippen molar-refractivity contribution in [1.29, 1.82) is 0 Å². The number of carbonyl (C=O) groups excluding carboxylic acids is 3. The highest BCUT2D eigenvalue weighted by Gasteiger charge is 2.34. The summed E-state index contributed by atoms with van der Waals surface area (Å²) >= 11 is 1.13. The van der Waals surface area contributed by atoms with E-state index in [9.17, 15) is 27.6 Å². The van der Waals surface area contributed by atoms with E-state index in [-0.39, 0.29) is 29.2 Å². The van der Waals surface area contributed by atoms with E-state index in [1.54, 1.807) is 36.4 Å². The smallest absolute Gasteiger partial charge is 0.459 e. The second kappa shape index (κ2) is 15.5. The van der Waals surface area contributed by atoms with Crippen LogP contribution in [0.25, 0.3) is 17.1 Å². The van der Waals surface area contributed by atoms with Gasteiger partial charge in [0.2, 0.25) is 5.91 Å². The van der Waals surface area contributed by atoms with E-state index >= 15 is 0 Å². The number of anilines is 1. The van der Waals surface area contributed by atoms with Gasteiger partial charge in [-0.25, -0.2) is 19.3 Å². The minimum Gasteiger partial charge on any atom is -0.459 e. The van der Waals surface area contributed by atoms with Crippen LogP contribution in [0, 0.1) is 6.92 Å². The van der Waals surface area contributed by atoms with E-state index in [1.165, 1.54) is 40.2 Å². The molecule has 1 atom stereocenters. The summed E-state index contributed by atoms with van der Waals surface area (Å²) in [6, 6.07) is 24.4. The molecule has 1 N–H and O–H groups in total. The molecule has 52 heavy (non-hydrogen) atoms. The molecule has 11 nitrogen and oxygen atoms in total. The Balaban J connectivity index is 1.23. The van der Waals surface area contributed by atoms with E-state index in [0.29, 0.717) is 34.7 Å². The number of esters is 1. The highest BCUT2D eigenvalue weighted by Crippen LogP contribution is 2.33. The Morgan fingerprint density at radius 2 is 1.71 bits per heavy atom. The molecule has 1 fully saturated rings. The Hall–Kier alpha value is -5.96. The van der Waals surface area contributed by atoms with E-state index in [2.05, 4.69) is 25.1 Å². The number of carbonyl (C=O) groups is 3. The third-order valence-electron chi connectivity index (χ3n) is 7.94. The number of hydrogen-bond acceptors (Lipinski definition) is 8. The number of aryl methyl sites for hydroxylation is 2. The Bertz CT molecular complexity index is 2110. The Morgan fingerprint density at radius 1 is 0.981 bits per heavy atom. The van der Waals surface area contributed by atoms with Gasteiger partial charge in [0.1, 0.15) is 18.7 Å². The van der Waals surface area contributed by atoms with Crippen LogP contribution in [0.4, 0.5) is 23.7 Å². The molecular weight excluding hydrogens is 698 g/mol. The molecule has 0 bridgehead atoms. The number of urea groups is 1. The lowest BCUT2D eigenvalue weighted by atomic mass is 10.0. The van der Waals surface area contributed by atoms with Crippen molar-refractivity contribution in [3.63, 3.8) is 0 Å². The van der Waals surface area contributed by atoms with Crippen molar-refractivity contribution >= 4 is 40.5 Å². The zero-order chi connectivity index (χ0) is 36.8.